The molecule has 0 bridgehead atoms. The van der Waals surface area contributed by atoms with E-state index in [-0.39, 0.29) is 5.82 Å². The monoisotopic (exact) mass is 204 g/mol. The van der Waals surface area contributed by atoms with E-state index in [1.807, 2.05) is 6.07 Å². The first-order valence-corrected chi connectivity index (χ1v) is 5.11. The molecule has 0 amide bonds. The van der Waals surface area contributed by atoms with Crippen LogP contribution in [0.4, 0.5) is 10.1 Å². The molecular formula is C12H13FN2. The summed E-state index contributed by atoms with van der Waals surface area (Å²) in [4.78, 5) is 0. The molecule has 1 aromatic carbocycles. The van der Waals surface area contributed by atoms with Crippen LogP contribution in [0.5, 0.6) is 0 Å². The summed E-state index contributed by atoms with van der Waals surface area (Å²) in [6.07, 6.45) is 2.76. The Kier molecular flexibility index (Phi) is 2.36. The van der Waals surface area contributed by atoms with Crippen molar-refractivity contribution in [3.63, 3.8) is 0 Å². The van der Waals surface area contributed by atoms with Crippen molar-refractivity contribution in [3.05, 3.63) is 29.6 Å². The average Bonchev–Trinajstić information content (AvgIpc) is 2.17. The summed E-state index contributed by atoms with van der Waals surface area (Å²) in [6.45, 7) is 1.72. The number of nitriles is 1. The minimum Gasteiger partial charge on any atom is -0.367 e. The zero-order valence-electron chi connectivity index (χ0n) is 8.68. The highest BCUT2D eigenvalue weighted by Gasteiger charge is 2.37. The largest absolute Gasteiger partial charge is 0.367 e. The van der Waals surface area contributed by atoms with Crippen LogP contribution in [0.1, 0.15) is 24.8 Å². The highest BCUT2D eigenvalue weighted by Crippen LogP contribution is 2.34. The molecule has 1 aromatic rings. The number of nitrogens with zero attached hydrogens (tertiary/aromatic N) is 1. The number of halogens is 1. The molecule has 0 heterocycles. The molecule has 1 aliphatic rings. The Bertz CT molecular complexity index is 416. The van der Waals surface area contributed by atoms with Gasteiger partial charge in [0.1, 0.15) is 11.4 Å². The van der Waals surface area contributed by atoms with Crippen molar-refractivity contribution in [3.8, 4) is 6.07 Å². The molecule has 2 nitrogen and oxygen atoms in total. The van der Waals surface area contributed by atoms with Crippen LogP contribution >= 0.6 is 0 Å². The molecule has 0 unspecified atom stereocenters. The fourth-order valence-corrected chi connectivity index (χ4v) is 1.74. The lowest BCUT2D eigenvalue weighted by atomic mass is 9.78. The van der Waals surface area contributed by atoms with E-state index in [9.17, 15) is 4.39 Å². The van der Waals surface area contributed by atoms with Crippen LogP contribution in [0, 0.1) is 24.1 Å². The normalized spacial score (nSPS) is 17.7. The number of rotatable bonds is 2. The van der Waals surface area contributed by atoms with Crippen molar-refractivity contribution in [2.75, 3.05) is 5.32 Å². The highest BCUT2D eigenvalue weighted by molar-refractivity contribution is 5.50. The van der Waals surface area contributed by atoms with Gasteiger partial charge >= 0.3 is 0 Å². The quantitative estimate of drug-likeness (QED) is 0.803. The molecule has 3 heteroatoms. The minimum absolute atomic E-state index is 0.229. The van der Waals surface area contributed by atoms with Gasteiger partial charge in [-0.2, -0.15) is 5.26 Å². The number of anilines is 1. The van der Waals surface area contributed by atoms with Crippen LogP contribution < -0.4 is 5.32 Å². The van der Waals surface area contributed by atoms with Gasteiger partial charge in [-0.25, -0.2) is 4.39 Å². The van der Waals surface area contributed by atoms with Gasteiger partial charge < -0.3 is 5.32 Å². The van der Waals surface area contributed by atoms with Gasteiger partial charge in [-0.15, -0.1) is 0 Å². The van der Waals surface area contributed by atoms with E-state index in [0.717, 1.165) is 19.3 Å². The van der Waals surface area contributed by atoms with Gasteiger partial charge in [0.25, 0.3) is 0 Å². The minimum atomic E-state index is -0.457. The van der Waals surface area contributed by atoms with Crippen LogP contribution in [-0.2, 0) is 0 Å². The lowest BCUT2D eigenvalue weighted by Gasteiger charge is -2.36. The predicted octanol–water partition coefficient (Wildman–Crippen LogP) is 2.99. The summed E-state index contributed by atoms with van der Waals surface area (Å²) in [5, 5.41) is 12.1. The number of aryl methyl sites for hydroxylation is 1. The Morgan fingerprint density at radius 3 is 2.67 bits per heavy atom. The fourth-order valence-electron chi connectivity index (χ4n) is 1.74. The van der Waals surface area contributed by atoms with Crippen molar-refractivity contribution in [1.82, 2.24) is 0 Å². The lowest BCUT2D eigenvalue weighted by molar-refractivity contribution is 0.356. The van der Waals surface area contributed by atoms with Crippen molar-refractivity contribution in [2.45, 2.75) is 31.7 Å². The Hall–Kier alpha value is -1.56. The third-order valence-electron chi connectivity index (χ3n) is 2.98. The average molecular weight is 204 g/mol. The molecule has 2 rings (SSSR count). The molecule has 0 saturated heterocycles. The molecule has 1 saturated carbocycles. The van der Waals surface area contributed by atoms with Gasteiger partial charge in [0.15, 0.2) is 0 Å². The molecule has 0 aliphatic heterocycles. The second-order valence-electron chi connectivity index (χ2n) is 4.14. The molecule has 0 spiro atoms. The van der Waals surface area contributed by atoms with E-state index in [0.29, 0.717) is 11.3 Å². The molecule has 0 radical (unpaired) electrons. The summed E-state index contributed by atoms with van der Waals surface area (Å²) in [5.74, 6) is -0.229. The zero-order valence-corrected chi connectivity index (χ0v) is 8.68. The van der Waals surface area contributed by atoms with E-state index in [1.54, 1.807) is 13.0 Å². The van der Waals surface area contributed by atoms with E-state index in [1.165, 1.54) is 6.07 Å². The first-order valence-electron chi connectivity index (χ1n) is 5.11. The Labute approximate surface area is 88.7 Å². The fraction of sp³-hybridized carbons (Fsp3) is 0.417. The van der Waals surface area contributed by atoms with Crippen LogP contribution in [0.25, 0.3) is 0 Å². The highest BCUT2D eigenvalue weighted by atomic mass is 19.1. The van der Waals surface area contributed by atoms with Crippen LogP contribution in [-0.4, -0.2) is 5.54 Å². The van der Waals surface area contributed by atoms with Crippen LogP contribution in [0.3, 0.4) is 0 Å². The standard InChI is InChI=1S/C12H13FN2/c1-9-3-4-10(7-11(9)13)15-12(8-14)5-2-6-12/h3-4,7,15H,2,5-6H2,1H3. The molecule has 1 fully saturated rings. The van der Waals surface area contributed by atoms with E-state index in [4.69, 9.17) is 5.26 Å². The maximum Gasteiger partial charge on any atom is 0.128 e. The zero-order chi connectivity index (χ0) is 10.9. The van der Waals surface area contributed by atoms with E-state index < -0.39 is 5.54 Å². The third kappa shape index (κ3) is 1.80. The summed E-state index contributed by atoms with van der Waals surface area (Å²) in [7, 11) is 0. The maximum atomic E-state index is 13.3. The second-order valence-corrected chi connectivity index (χ2v) is 4.14. The molecule has 15 heavy (non-hydrogen) atoms. The van der Waals surface area contributed by atoms with Crippen molar-refractivity contribution in [1.29, 1.82) is 5.26 Å². The molecule has 0 aromatic heterocycles. The van der Waals surface area contributed by atoms with Gasteiger partial charge in [-0.3, -0.25) is 0 Å². The predicted molar refractivity (Wildman–Crippen MR) is 57.0 cm³/mol. The number of hydrogen-bond acceptors (Lipinski definition) is 2. The van der Waals surface area contributed by atoms with Crippen LogP contribution in [0.15, 0.2) is 18.2 Å². The van der Waals surface area contributed by atoms with E-state index >= 15 is 0 Å². The molecular weight excluding hydrogens is 191 g/mol. The van der Waals surface area contributed by atoms with Gasteiger partial charge in [0.05, 0.1) is 6.07 Å². The Morgan fingerprint density at radius 1 is 1.47 bits per heavy atom. The van der Waals surface area contributed by atoms with Gasteiger partial charge in [0, 0.05) is 5.69 Å². The van der Waals surface area contributed by atoms with Gasteiger partial charge in [0.2, 0.25) is 0 Å². The Balaban J connectivity index is 2.18. The summed E-state index contributed by atoms with van der Waals surface area (Å²) >= 11 is 0. The molecule has 1 aliphatic carbocycles. The summed E-state index contributed by atoms with van der Waals surface area (Å²) in [6, 6.07) is 7.25. The van der Waals surface area contributed by atoms with Gasteiger partial charge in [-0.05, 0) is 43.9 Å². The molecule has 78 valence electrons. The molecule has 1 N–H and O–H groups in total. The van der Waals surface area contributed by atoms with Crippen molar-refractivity contribution in [2.24, 2.45) is 0 Å². The second kappa shape index (κ2) is 3.54. The maximum absolute atomic E-state index is 13.3. The van der Waals surface area contributed by atoms with Gasteiger partial charge in [-0.1, -0.05) is 6.07 Å². The van der Waals surface area contributed by atoms with Crippen LogP contribution in [0.2, 0.25) is 0 Å². The number of nitrogens with one attached hydrogen (secondary N) is 1. The number of hydrogen-bond donors (Lipinski definition) is 1. The smallest absolute Gasteiger partial charge is 0.128 e. The first kappa shape index (κ1) is 9.97. The van der Waals surface area contributed by atoms with Crippen molar-refractivity contribution < 1.29 is 4.39 Å². The SMILES string of the molecule is Cc1ccc(NC2(C#N)CCC2)cc1F. The Morgan fingerprint density at radius 2 is 2.20 bits per heavy atom. The molecule has 0 atom stereocenters. The third-order valence-corrected chi connectivity index (χ3v) is 2.98. The topological polar surface area (TPSA) is 35.8 Å². The lowest BCUT2D eigenvalue weighted by Crippen LogP contribution is -2.43. The van der Waals surface area contributed by atoms with Crippen molar-refractivity contribution >= 4 is 5.69 Å². The van der Waals surface area contributed by atoms with E-state index in [2.05, 4.69) is 11.4 Å². The summed E-state index contributed by atoms with van der Waals surface area (Å²) < 4.78 is 13.3. The summed E-state index contributed by atoms with van der Waals surface area (Å²) in [5.41, 5.74) is 0.862. The first-order chi connectivity index (χ1) is 7.15. The number of benzene rings is 1.